The van der Waals surface area contributed by atoms with Crippen LogP contribution in [0.15, 0.2) is 12.1 Å². The Morgan fingerprint density at radius 3 is 2.13 bits per heavy atom. The molecule has 1 rings (SSSR count). The van der Waals surface area contributed by atoms with Crippen LogP contribution in [0.5, 0.6) is 0 Å². The van der Waals surface area contributed by atoms with E-state index in [9.17, 15) is 24.4 Å². The number of ether oxygens (including phenoxy) is 2. The number of carbonyl (C=O) groups excluding carboxylic acids is 4. The Kier molecular flexibility index (Phi) is 9.27. The molecule has 162 valence electrons. The van der Waals surface area contributed by atoms with E-state index in [0.29, 0.717) is 11.1 Å². The number of nitrogens with one attached hydrogen (secondary N) is 1. The maximum atomic E-state index is 12.8. The Hall–Kier alpha value is -3.12. The van der Waals surface area contributed by atoms with Gasteiger partial charge in [-0.2, -0.15) is 5.26 Å². The summed E-state index contributed by atoms with van der Waals surface area (Å²) in [6.45, 7) is 4.17. The molecule has 0 aliphatic carbocycles. The molecule has 0 spiro atoms. The molecular formula is C20H24ClN3O6. The molecular weight excluding hydrogens is 414 g/mol. The zero-order valence-corrected chi connectivity index (χ0v) is 17.8. The van der Waals surface area contributed by atoms with Gasteiger partial charge in [0.2, 0.25) is 17.4 Å². The quantitative estimate of drug-likeness (QED) is 0.412. The van der Waals surface area contributed by atoms with E-state index in [4.69, 9.17) is 26.8 Å². The van der Waals surface area contributed by atoms with Crippen molar-refractivity contribution in [2.75, 3.05) is 13.2 Å². The molecule has 1 aromatic rings. The number of rotatable bonds is 10. The first kappa shape index (κ1) is 24.9. The predicted octanol–water partition coefficient (Wildman–Crippen LogP) is 1.17. The van der Waals surface area contributed by atoms with Crippen molar-refractivity contribution in [2.24, 2.45) is 5.73 Å². The summed E-state index contributed by atoms with van der Waals surface area (Å²) in [6.07, 6.45) is -0.256. The van der Waals surface area contributed by atoms with E-state index in [2.05, 4.69) is 5.32 Å². The van der Waals surface area contributed by atoms with Gasteiger partial charge in [-0.1, -0.05) is 11.6 Å². The van der Waals surface area contributed by atoms with E-state index in [0.717, 1.165) is 6.92 Å². The van der Waals surface area contributed by atoms with Gasteiger partial charge in [-0.05, 0) is 43.5 Å². The van der Waals surface area contributed by atoms with E-state index < -0.39 is 29.3 Å². The minimum Gasteiger partial charge on any atom is -0.464 e. The van der Waals surface area contributed by atoms with Crippen molar-refractivity contribution in [1.29, 1.82) is 5.26 Å². The third-order valence-electron chi connectivity index (χ3n) is 4.14. The van der Waals surface area contributed by atoms with Gasteiger partial charge < -0.3 is 20.5 Å². The molecule has 0 radical (unpaired) electrons. The summed E-state index contributed by atoms with van der Waals surface area (Å²) in [6, 6.07) is 4.79. The number of nitrogens with two attached hydrogens (primary N) is 1. The van der Waals surface area contributed by atoms with Crippen LogP contribution in [0.3, 0.4) is 0 Å². The van der Waals surface area contributed by atoms with E-state index in [1.807, 2.05) is 6.07 Å². The molecule has 0 atom stereocenters. The van der Waals surface area contributed by atoms with Crippen LogP contribution in [0.2, 0.25) is 5.02 Å². The van der Waals surface area contributed by atoms with Crippen molar-refractivity contribution in [2.45, 2.75) is 45.6 Å². The number of amides is 2. The fourth-order valence-corrected chi connectivity index (χ4v) is 3.10. The van der Waals surface area contributed by atoms with Gasteiger partial charge >= 0.3 is 11.9 Å². The molecule has 2 amide bonds. The number of benzene rings is 1. The zero-order chi connectivity index (χ0) is 22.9. The first-order valence-corrected chi connectivity index (χ1v) is 9.61. The summed E-state index contributed by atoms with van der Waals surface area (Å²) in [7, 11) is 0. The number of carbonyl (C=O) groups is 4. The molecule has 0 fully saturated rings. The van der Waals surface area contributed by atoms with Gasteiger partial charge in [0.1, 0.15) is 6.07 Å². The van der Waals surface area contributed by atoms with Crippen molar-refractivity contribution in [3.8, 4) is 6.07 Å². The van der Waals surface area contributed by atoms with Gasteiger partial charge in [-0.15, -0.1) is 0 Å². The molecule has 0 unspecified atom stereocenters. The third-order valence-corrected chi connectivity index (χ3v) is 4.46. The minimum atomic E-state index is -2.17. The highest BCUT2D eigenvalue weighted by Gasteiger charge is 2.50. The van der Waals surface area contributed by atoms with Crippen LogP contribution in [0.4, 0.5) is 0 Å². The first-order valence-electron chi connectivity index (χ1n) is 9.24. The van der Waals surface area contributed by atoms with Crippen LogP contribution < -0.4 is 11.1 Å². The molecule has 3 N–H and O–H groups in total. The minimum absolute atomic E-state index is 0.0363. The number of hydrogen-bond donors (Lipinski definition) is 2. The maximum absolute atomic E-state index is 12.8. The highest BCUT2D eigenvalue weighted by atomic mass is 35.5. The second-order valence-corrected chi connectivity index (χ2v) is 6.79. The Balaban J connectivity index is 3.62. The number of nitrogens with zero attached hydrogens (tertiary/aromatic N) is 1. The van der Waals surface area contributed by atoms with Crippen molar-refractivity contribution >= 4 is 35.4 Å². The number of esters is 2. The van der Waals surface area contributed by atoms with Crippen LogP contribution >= 0.6 is 11.6 Å². The average molecular weight is 438 g/mol. The van der Waals surface area contributed by atoms with Gasteiger partial charge in [0.25, 0.3) is 0 Å². The Labute approximate surface area is 179 Å². The van der Waals surface area contributed by atoms with Gasteiger partial charge in [-0.25, -0.2) is 9.59 Å². The molecule has 0 aromatic heterocycles. The topological polar surface area (TPSA) is 149 Å². The smallest absolute Gasteiger partial charge is 0.344 e. The van der Waals surface area contributed by atoms with Crippen molar-refractivity contribution < 1.29 is 28.7 Å². The Morgan fingerprint density at radius 2 is 1.70 bits per heavy atom. The molecule has 10 heteroatoms. The zero-order valence-electron chi connectivity index (χ0n) is 17.0. The van der Waals surface area contributed by atoms with Crippen LogP contribution in [-0.2, 0) is 41.5 Å². The lowest BCUT2D eigenvalue weighted by atomic mass is 9.86. The highest BCUT2D eigenvalue weighted by molar-refractivity contribution is 6.31. The molecule has 0 aliphatic heterocycles. The second-order valence-electron chi connectivity index (χ2n) is 6.38. The van der Waals surface area contributed by atoms with E-state index >= 15 is 0 Å². The molecule has 30 heavy (non-hydrogen) atoms. The number of primary amides is 1. The fourth-order valence-electron chi connectivity index (χ4n) is 2.87. The molecule has 0 bridgehead atoms. The summed E-state index contributed by atoms with van der Waals surface area (Å²) in [5.74, 6) is -3.23. The monoisotopic (exact) mass is 437 g/mol. The number of nitriles is 1. The molecule has 0 saturated heterocycles. The van der Waals surface area contributed by atoms with E-state index in [1.54, 1.807) is 13.8 Å². The fraction of sp³-hybridized carbons (Fsp3) is 0.450. The lowest BCUT2D eigenvalue weighted by Gasteiger charge is -2.30. The number of hydrogen-bond acceptors (Lipinski definition) is 7. The highest BCUT2D eigenvalue weighted by Crippen LogP contribution is 2.27. The number of aryl methyl sites for hydroxylation is 1. The number of halogens is 1. The largest absolute Gasteiger partial charge is 0.464 e. The van der Waals surface area contributed by atoms with E-state index in [1.165, 1.54) is 12.1 Å². The van der Waals surface area contributed by atoms with Gasteiger partial charge in [0.15, 0.2) is 0 Å². The molecule has 0 saturated carbocycles. The molecule has 0 heterocycles. The predicted molar refractivity (Wildman–Crippen MR) is 107 cm³/mol. The lowest BCUT2D eigenvalue weighted by Crippen LogP contribution is -2.62. The molecule has 9 nitrogen and oxygen atoms in total. The maximum Gasteiger partial charge on any atom is 0.344 e. The first-order chi connectivity index (χ1) is 14.1. The average Bonchev–Trinajstić information content (AvgIpc) is 2.66. The Morgan fingerprint density at radius 1 is 1.13 bits per heavy atom. The standard InChI is InChI=1S/C20H24ClN3O6/c1-4-29-18(27)20(24-12(3)25,19(28)30-5-2)10-14-9-16(21)15(11-22)8-13(14)6-7-17(23)26/h8-9H,4-7,10H2,1-3H3,(H2,23,26)(H,24,25). The van der Waals surface area contributed by atoms with Crippen molar-refractivity contribution in [3.05, 3.63) is 33.8 Å². The van der Waals surface area contributed by atoms with Crippen molar-refractivity contribution in [1.82, 2.24) is 5.32 Å². The van der Waals surface area contributed by atoms with Gasteiger partial charge in [-0.3, -0.25) is 9.59 Å². The van der Waals surface area contributed by atoms with Crippen LogP contribution in [0.25, 0.3) is 0 Å². The molecule has 0 aliphatic rings. The lowest BCUT2D eigenvalue weighted by molar-refractivity contribution is -0.168. The third kappa shape index (κ3) is 6.19. The van der Waals surface area contributed by atoms with Gasteiger partial charge in [0, 0.05) is 19.8 Å². The van der Waals surface area contributed by atoms with E-state index in [-0.39, 0.29) is 43.1 Å². The van der Waals surface area contributed by atoms with Gasteiger partial charge in [0.05, 0.1) is 23.8 Å². The van der Waals surface area contributed by atoms with Crippen molar-refractivity contribution in [3.63, 3.8) is 0 Å². The summed E-state index contributed by atoms with van der Waals surface area (Å²) in [4.78, 5) is 48.7. The normalized spacial score (nSPS) is 10.6. The van der Waals surface area contributed by atoms with Crippen LogP contribution in [0.1, 0.15) is 43.9 Å². The molecule has 1 aromatic carbocycles. The second kappa shape index (κ2) is 11.2. The summed E-state index contributed by atoms with van der Waals surface area (Å²) < 4.78 is 10.1. The Bertz CT molecular complexity index is 860. The SMILES string of the molecule is CCOC(=O)C(Cc1cc(Cl)c(C#N)cc1CCC(N)=O)(NC(C)=O)C(=O)OCC. The van der Waals surface area contributed by atoms with Crippen LogP contribution in [0, 0.1) is 11.3 Å². The summed E-state index contributed by atoms with van der Waals surface area (Å²) in [5.41, 5.74) is 4.03. The summed E-state index contributed by atoms with van der Waals surface area (Å²) in [5, 5.41) is 11.7. The summed E-state index contributed by atoms with van der Waals surface area (Å²) >= 11 is 6.15. The van der Waals surface area contributed by atoms with Crippen LogP contribution in [-0.4, -0.2) is 42.5 Å².